The Labute approximate surface area is 201 Å². The lowest BCUT2D eigenvalue weighted by molar-refractivity contribution is 0.0300. The number of morpholine rings is 1. The van der Waals surface area contributed by atoms with Gasteiger partial charge >= 0.3 is 5.69 Å². The lowest BCUT2D eigenvalue weighted by Gasteiger charge is -2.26. The molecule has 10 heteroatoms. The van der Waals surface area contributed by atoms with Crippen LogP contribution in [0.1, 0.15) is 17.4 Å². The molecule has 4 aromatic rings. The van der Waals surface area contributed by atoms with E-state index in [9.17, 15) is 9.59 Å². The number of methoxy groups -OCH3 is 1. The van der Waals surface area contributed by atoms with Crippen LogP contribution in [-0.4, -0.2) is 70.3 Å². The van der Waals surface area contributed by atoms with E-state index in [-0.39, 0.29) is 22.8 Å². The SMILES string of the molecule is CCOc1ccc(-c2nc(C(=O)N3CCOCC3)c3[nH]c(=O)n(-c4ccccc4OC)c3n2)cc1. The van der Waals surface area contributed by atoms with E-state index in [0.29, 0.717) is 55.7 Å². The number of nitrogens with one attached hydrogen (secondary N) is 1. The molecule has 0 unspecified atom stereocenters. The Hall–Kier alpha value is -4.18. The predicted molar refractivity (Wildman–Crippen MR) is 129 cm³/mol. The summed E-state index contributed by atoms with van der Waals surface area (Å²) in [5, 5.41) is 0. The molecule has 3 heterocycles. The number of aromatic nitrogens is 4. The van der Waals surface area contributed by atoms with Crippen molar-refractivity contribution in [3.8, 4) is 28.6 Å². The number of imidazole rings is 1. The molecule has 0 bridgehead atoms. The van der Waals surface area contributed by atoms with Crippen LogP contribution in [0, 0.1) is 0 Å². The number of hydrogen-bond acceptors (Lipinski definition) is 7. The van der Waals surface area contributed by atoms with Gasteiger partial charge in [-0.15, -0.1) is 0 Å². The minimum Gasteiger partial charge on any atom is -0.495 e. The van der Waals surface area contributed by atoms with Crippen LogP contribution in [0.3, 0.4) is 0 Å². The van der Waals surface area contributed by atoms with Gasteiger partial charge in [-0.2, -0.15) is 0 Å². The Balaban J connectivity index is 1.73. The molecule has 0 atom stereocenters. The highest BCUT2D eigenvalue weighted by molar-refractivity contribution is 6.03. The van der Waals surface area contributed by atoms with Gasteiger partial charge in [-0.25, -0.2) is 19.3 Å². The largest absolute Gasteiger partial charge is 0.495 e. The second kappa shape index (κ2) is 9.59. The molecule has 1 aliphatic heterocycles. The first-order chi connectivity index (χ1) is 17.1. The molecule has 180 valence electrons. The molecule has 1 N–H and O–H groups in total. The number of carbonyl (C=O) groups excluding carboxylic acids is 1. The van der Waals surface area contributed by atoms with E-state index < -0.39 is 5.69 Å². The van der Waals surface area contributed by atoms with Crippen molar-refractivity contribution in [3.63, 3.8) is 0 Å². The lowest BCUT2D eigenvalue weighted by atomic mass is 10.2. The molecule has 5 rings (SSSR count). The first-order valence-corrected chi connectivity index (χ1v) is 11.4. The number of benzene rings is 2. The van der Waals surface area contributed by atoms with Crippen LogP contribution in [0.15, 0.2) is 53.3 Å². The highest BCUT2D eigenvalue weighted by Crippen LogP contribution is 2.27. The molecule has 0 spiro atoms. The third kappa shape index (κ3) is 4.24. The Morgan fingerprint density at radius 1 is 1.09 bits per heavy atom. The van der Waals surface area contributed by atoms with Gasteiger partial charge in [0.2, 0.25) is 0 Å². The quantitative estimate of drug-likeness (QED) is 0.456. The lowest BCUT2D eigenvalue weighted by Crippen LogP contribution is -2.41. The van der Waals surface area contributed by atoms with Crippen LogP contribution in [-0.2, 0) is 4.74 Å². The van der Waals surface area contributed by atoms with E-state index in [2.05, 4.69) is 9.97 Å². The molecule has 35 heavy (non-hydrogen) atoms. The van der Waals surface area contributed by atoms with Gasteiger partial charge in [0, 0.05) is 18.7 Å². The van der Waals surface area contributed by atoms with Gasteiger partial charge in [-0.05, 0) is 43.3 Å². The number of ether oxygens (including phenoxy) is 3. The van der Waals surface area contributed by atoms with Crippen LogP contribution >= 0.6 is 0 Å². The molecule has 1 fully saturated rings. The van der Waals surface area contributed by atoms with Gasteiger partial charge in [-0.3, -0.25) is 4.79 Å². The maximum atomic E-state index is 13.5. The number of para-hydroxylation sites is 2. The Morgan fingerprint density at radius 2 is 1.83 bits per heavy atom. The van der Waals surface area contributed by atoms with E-state index >= 15 is 0 Å². The molecule has 1 amide bonds. The summed E-state index contributed by atoms with van der Waals surface area (Å²) in [4.78, 5) is 40.5. The second-order valence-corrected chi connectivity index (χ2v) is 7.89. The van der Waals surface area contributed by atoms with Gasteiger partial charge in [-0.1, -0.05) is 12.1 Å². The number of fused-ring (bicyclic) bond motifs is 1. The molecular formula is C25H25N5O5. The van der Waals surface area contributed by atoms with E-state index in [0.717, 1.165) is 5.75 Å². The monoisotopic (exact) mass is 475 g/mol. The second-order valence-electron chi connectivity index (χ2n) is 7.89. The molecule has 1 aliphatic rings. The summed E-state index contributed by atoms with van der Waals surface area (Å²) in [6, 6.07) is 14.4. The molecular weight excluding hydrogens is 450 g/mol. The van der Waals surface area contributed by atoms with Gasteiger partial charge in [0.05, 0.1) is 32.6 Å². The third-order valence-corrected chi connectivity index (χ3v) is 5.79. The third-order valence-electron chi connectivity index (χ3n) is 5.79. The summed E-state index contributed by atoms with van der Waals surface area (Å²) in [7, 11) is 1.53. The minimum atomic E-state index is -0.446. The molecule has 0 radical (unpaired) electrons. The molecule has 2 aromatic heterocycles. The fraction of sp³-hybridized carbons (Fsp3) is 0.280. The first-order valence-electron chi connectivity index (χ1n) is 11.4. The number of rotatable bonds is 6. The van der Waals surface area contributed by atoms with E-state index in [1.807, 2.05) is 37.3 Å². The molecule has 0 saturated carbocycles. The van der Waals surface area contributed by atoms with Crippen LogP contribution in [0.4, 0.5) is 0 Å². The zero-order valence-corrected chi connectivity index (χ0v) is 19.5. The molecule has 0 aliphatic carbocycles. The normalized spacial score (nSPS) is 13.7. The molecule has 1 saturated heterocycles. The van der Waals surface area contributed by atoms with Crippen molar-refractivity contribution < 1.29 is 19.0 Å². The zero-order valence-electron chi connectivity index (χ0n) is 19.5. The van der Waals surface area contributed by atoms with Crippen LogP contribution in [0.2, 0.25) is 0 Å². The average molecular weight is 476 g/mol. The molecule has 10 nitrogen and oxygen atoms in total. The van der Waals surface area contributed by atoms with Crippen LogP contribution < -0.4 is 15.2 Å². The van der Waals surface area contributed by atoms with Gasteiger partial charge < -0.3 is 24.1 Å². The van der Waals surface area contributed by atoms with Crippen molar-refractivity contribution in [1.82, 2.24) is 24.4 Å². The fourth-order valence-electron chi connectivity index (χ4n) is 4.09. The molecule has 2 aromatic carbocycles. The fourth-order valence-corrected chi connectivity index (χ4v) is 4.09. The van der Waals surface area contributed by atoms with Crippen molar-refractivity contribution in [2.75, 3.05) is 40.0 Å². The summed E-state index contributed by atoms with van der Waals surface area (Å²) >= 11 is 0. The topological polar surface area (TPSA) is 112 Å². The maximum Gasteiger partial charge on any atom is 0.332 e. The Bertz CT molecular complexity index is 1420. The van der Waals surface area contributed by atoms with Crippen LogP contribution in [0.5, 0.6) is 11.5 Å². The van der Waals surface area contributed by atoms with Crippen molar-refractivity contribution in [2.45, 2.75) is 6.92 Å². The standard InChI is InChI=1S/C25H25N5O5/c1-3-35-17-10-8-16(9-11-17)22-26-21(24(31)29-12-14-34-15-13-29)20-23(28-22)30(25(32)27-20)18-6-4-5-7-19(18)33-2/h4-11H,3,12-15H2,1-2H3,(H,27,32). The number of H-pyrrole nitrogens is 1. The summed E-state index contributed by atoms with van der Waals surface area (Å²) in [6.45, 7) is 4.25. The number of aromatic amines is 1. The predicted octanol–water partition coefficient (Wildman–Crippen LogP) is 2.66. The maximum absolute atomic E-state index is 13.5. The van der Waals surface area contributed by atoms with Crippen molar-refractivity contribution >= 4 is 17.1 Å². The van der Waals surface area contributed by atoms with E-state index in [4.69, 9.17) is 19.2 Å². The van der Waals surface area contributed by atoms with E-state index in [1.165, 1.54) is 11.7 Å². The highest BCUT2D eigenvalue weighted by atomic mass is 16.5. The van der Waals surface area contributed by atoms with Gasteiger partial charge in [0.15, 0.2) is 17.2 Å². The average Bonchev–Trinajstić information content (AvgIpc) is 3.24. The summed E-state index contributed by atoms with van der Waals surface area (Å²) in [5.41, 5.74) is 1.44. The summed E-state index contributed by atoms with van der Waals surface area (Å²) in [5.74, 6) is 1.24. The van der Waals surface area contributed by atoms with Crippen LogP contribution in [0.25, 0.3) is 28.2 Å². The first kappa shape index (κ1) is 22.6. The summed E-state index contributed by atoms with van der Waals surface area (Å²) in [6.07, 6.45) is 0. The zero-order chi connectivity index (χ0) is 24.4. The highest BCUT2D eigenvalue weighted by Gasteiger charge is 2.27. The van der Waals surface area contributed by atoms with Gasteiger partial charge in [0.25, 0.3) is 5.91 Å². The van der Waals surface area contributed by atoms with Gasteiger partial charge in [0.1, 0.15) is 17.0 Å². The summed E-state index contributed by atoms with van der Waals surface area (Å²) < 4.78 is 17.8. The van der Waals surface area contributed by atoms with Crippen molar-refractivity contribution in [2.24, 2.45) is 0 Å². The van der Waals surface area contributed by atoms with E-state index in [1.54, 1.807) is 23.1 Å². The smallest absolute Gasteiger partial charge is 0.332 e. The number of amides is 1. The minimum absolute atomic E-state index is 0.131. The van der Waals surface area contributed by atoms with Crippen molar-refractivity contribution in [3.05, 3.63) is 64.7 Å². The number of hydrogen-bond donors (Lipinski definition) is 1. The number of nitrogens with zero attached hydrogens (tertiary/aromatic N) is 4. The number of carbonyl (C=O) groups is 1. The Morgan fingerprint density at radius 3 is 2.54 bits per heavy atom. The van der Waals surface area contributed by atoms with Crippen molar-refractivity contribution in [1.29, 1.82) is 0 Å². The Kier molecular flexibility index (Phi) is 6.19.